The van der Waals surface area contributed by atoms with Crippen LogP contribution in [-0.2, 0) is 36.8 Å². The van der Waals surface area contributed by atoms with Crippen molar-refractivity contribution in [3.05, 3.63) is 385 Å². The quantitative estimate of drug-likeness (QED) is 0.0380. The van der Waals surface area contributed by atoms with Gasteiger partial charge in [-0.15, -0.1) is 0 Å². The predicted octanol–water partition coefficient (Wildman–Crippen LogP) is 20.9. The van der Waals surface area contributed by atoms with Crippen LogP contribution in [0.3, 0.4) is 0 Å². The van der Waals surface area contributed by atoms with Crippen molar-refractivity contribution < 1.29 is 38.0 Å². The van der Waals surface area contributed by atoms with Crippen molar-refractivity contribution in [2.24, 2.45) is 0 Å². The molecule has 6 aromatic heterocycles. The Labute approximate surface area is 769 Å². The van der Waals surface area contributed by atoms with Crippen molar-refractivity contribution in [3.63, 3.8) is 0 Å². The predicted molar refractivity (Wildman–Crippen MR) is 525 cm³/mol. The van der Waals surface area contributed by atoms with E-state index in [4.69, 9.17) is 59.7 Å². The summed E-state index contributed by atoms with van der Waals surface area (Å²) in [6.07, 6.45) is 8.30. The molecule has 0 bridgehead atoms. The van der Waals surface area contributed by atoms with Gasteiger partial charge in [-0.25, -0.2) is 9.18 Å². The van der Waals surface area contributed by atoms with Crippen LogP contribution in [0.5, 0.6) is 23.0 Å². The number of esters is 1. The van der Waals surface area contributed by atoms with E-state index >= 15 is 0 Å². The third kappa shape index (κ3) is 18.3. The molecule has 0 spiro atoms. The van der Waals surface area contributed by atoms with E-state index in [-0.39, 0.29) is 54.6 Å². The molecule has 130 heavy (non-hydrogen) atoms. The molecular weight excluding hydrogens is 1690 g/mol. The highest BCUT2D eigenvalue weighted by atomic mass is 35.5. The third-order valence-electron chi connectivity index (χ3n) is 25.2. The van der Waals surface area contributed by atoms with E-state index in [1.54, 1.807) is 52.8 Å². The minimum atomic E-state index is -0.383. The Kier molecular flexibility index (Phi) is 26.2. The number of carbonyl (C=O) groups excluding carboxylic acids is 1. The molecule has 0 fully saturated rings. The average molecular weight is 1790 g/mol. The number of hydrogen-bond acceptors (Lipinski definition) is 13. The lowest BCUT2D eigenvalue weighted by molar-refractivity contribution is 0.0600. The van der Waals surface area contributed by atoms with Crippen LogP contribution < -0.4 is 45.5 Å². The zero-order valence-corrected chi connectivity index (χ0v) is 75.3. The molecule has 0 saturated carbocycles. The van der Waals surface area contributed by atoms with Crippen molar-refractivity contribution in [2.75, 3.05) is 79.0 Å². The molecule has 22 rings (SSSR count). The van der Waals surface area contributed by atoms with Crippen LogP contribution in [0.2, 0.25) is 5.02 Å². The van der Waals surface area contributed by atoms with Crippen LogP contribution in [0.15, 0.2) is 279 Å². The summed E-state index contributed by atoms with van der Waals surface area (Å²) in [6.45, 7) is 5.67. The SMILES string of the molecule is COC(=O)c1cccc(NC(=S)N2CCc3c([nH]c4ccccc34)C2c2ccc(OC)cc2)c1.COc1ccc(C2NCCc3c2[nH]c2ccc(F)cc32)cc1.COc1ccc(C2c3[nH]c4ccccc4c3CCN2C(=S)Nc2ccc(C)cc2)cc1.COc1cccc(C2NC(CO)Cc3c2[nH]c2ccccc32)c1.Clc1ccc2[nH]c3c(c2c1)CCNC3c1cccnc1. The first kappa shape index (κ1) is 87.1. The van der Waals surface area contributed by atoms with E-state index in [0.717, 1.165) is 153 Å². The average Bonchev–Trinajstić information content (AvgIpc) is 1.59. The molecule has 0 aliphatic carbocycles. The number of ether oxygens (including phenoxy) is 5. The number of aromatic nitrogens is 6. The topological polar surface area (TPSA) is 242 Å². The van der Waals surface area contributed by atoms with Gasteiger partial charge < -0.3 is 84.8 Å². The van der Waals surface area contributed by atoms with Crippen LogP contribution >= 0.6 is 36.0 Å². The first-order chi connectivity index (χ1) is 63.6. The van der Waals surface area contributed by atoms with E-state index in [2.05, 4.69) is 219 Å². The number of thiocarbonyl (C=S) groups is 2. The third-order valence-corrected chi connectivity index (χ3v) is 26.1. The summed E-state index contributed by atoms with van der Waals surface area (Å²) >= 11 is 17.9. The number of rotatable bonds is 13. The van der Waals surface area contributed by atoms with Gasteiger partial charge in [-0.2, -0.15) is 0 Å². The maximum absolute atomic E-state index is 13.5. The number of para-hydroxylation sites is 3. The van der Waals surface area contributed by atoms with Crippen LogP contribution in [-0.4, -0.2) is 135 Å². The zero-order valence-electron chi connectivity index (χ0n) is 72.9. The van der Waals surface area contributed by atoms with Crippen LogP contribution in [0, 0.1) is 12.7 Å². The fourth-order valence-electron chi connectivity index (χ4n) is 18.9. The standard InChI is InChI=1S/C27H25N3O3S.C26H25N3OS.C19H20N2O2.C18H17FN2O.C16H14ClN3/c1-32-20-12-10-17(11-13-20)25-24-22(21-8-3-4-9-23(21)29-24)14-15-30(25)27(34)28-19-7-5-6-18(16-19)26(31)33-2;1-17-7-11-19(12-8-17)27-26(31)29-16-15-22-21-5-3-4-6-23(21)28-24(22)25(29)18-9-13-20(30-2)14-10-18;1-23-14-6-4-5-12(9-14)18-19-16(10-13(11-22)20-18)15-7-2-3-8-17(15)21-19;1-22-13-5-2-11(3-6-13)17-18-14(8-9-20-17)15-10-12(19)4-7-16(15)21-18;17-11-3-4-14-13(8-11)12-5-7-19-15(16(12)20-14)10-2-1-6-18-9-10/h3-13,16,25,29H,14-15H2,1-2H3,(H,28,34);3-14,25,28H,15-16H2,1-2H3,(H,27,31);2-9,13,18,20-22H,10-11H2,1H3;2-7,10,17,20-21H,8-9H2,1H3;1-4,6,8-9,15,19-20H,5,7H2. The molecule has 6 unspecified atom stereocenters. The van der Waals surface area contributed by atoms with Gasteiger partial charge in [-0.05, 0) is 259 Å². The molecule has 0 amide bonds. The number of halogens is 2. The lowest BCUT2D eigenvalue weighted by atomic mass is 9.90. The number of aromatic amines is 5. The molecule has 11 N–H and O–H groups in total. The minimum absolute atomic E-state index is 0.00695. The number of pyridine rings is 1. The normalized spacial score (nSPS) is 17.0. The molecule has 0 radical (unpaired) electrons. The van der Waals surface area contributed by atoms with E-state index in [1.165, 1.54) is 107 Å². The molecule has 6 atom stereocenters. The molecule has 5 aliphatic heterocycles. The second-order valence-corrected chi connectivity index (χ2v) is 34.1. The highest BCUT2D eigenvalue weighted by molar-refractivity contribution is 7.80. The van der Waals surface area contributed by atoms with E-state index < -0.39 is 0 Å². The molecule has 17 aromatic rings. The largest absolute Gasteiger partial charge is 0.497 e. The summed E-state index contributed by atoms with van der Waals surface area (Å²) < 4.78 is 39.7. The van der Waals surface area contributed by atoms with Crippen molar-refractivity contribution in [2.45, 2.75) is 75.3 Å². The van der Waals surface area contributed by atoms with E-state index in [9.17, 15) is 14.3 Å². The van der Waals surface area contributed by atoms with Gasteiger partial charge in [0.2, 0.25) is 0 Å². The number of carbonyl (C=O) groups is 1. The van der Waals surface area contributed by atoms with Gasteiger partial charge in [0.05, 0.1) is 77.9 Å². The number of benzene rings is 11. The number of aliphatic hydroxyl groups is 1. The highest BCUT2D eigenvalue weighted by Gasteiger charge is 2.37. The Hall–Kier alpha value is -13.6. The van der Waals surface area contributed by atoms with Gasteiger partial charge in [0.25, 0.3) is 0 Å². The van der Waals surface area contributed by atoms with Gasteiger partial charge in [0, 0.05) is 144 Å². The number of aryl methyl sites for hydroxylation is 1. The summed E-state index contributed by atoms with van der Waals surface area (Å²) in [7, 11) is 8.08. The van der Waals surface area contributed by atoms with Crippen molar-refractivity contribution >= 4 is 118 Å². The molecule has 11 aromatic carbocycles. The fraction of sp³-hybridized carbons (Fsp3) is 0.208. The maximum atomic E-state index is 13.5. The molecular formula is C106H101ClFN13O7S2. The van der Waals surface area contributed by atoms with E-state index in [0.29, 0.717) is 10.7 Å². The number of methoxy groups -OCH3 is 5. The van der Waals surface area contributed by atoms with Gasteiger partial charge >= 0.3 is 5.97 Å². The van der Waals surface area contributed by atoms with Gasteiger partial charge in [-0.1, -0.05) is 145 Å². The summed E-state index contributed by atoms with van der Waals surface area (Å²) in [5.74, 6) is 2.78. The Balaban J connectivity index is 0.000000111. The number of H-pyrrole nitrogens is 5. The van der Waals surface area contributed by atoms with Gasteiger partial charge in [-0.3, -0.25) is 10.3 Å². The molecule has 20 nitrogen and oxygen atoms in total. The van der Waals surface area contributed by atoms with Crippen LogP contribution in [0.1, 0.15) is 130 Å². The molecule has 11 heterocycles. The summed E-state index contributed by atoms with van der Waals surface area (Å²) in [4.78, 5) is 38.6. The molecule has 658 valence electrons. The van der Waals surface area contributed by atoms with Gasteiger partial charge in [0.15, 0.2) is 10.2 Å². The maximum Gasteiger partial charge on any atom is 0.337 e. The van der Waals surface area contributed by atoms with E-state index in [1.807, 2.05) is 103 Å². The first-order valence-electron chi connectivity index (χ1n) is 43.7. The summed E-state index contributed by atoms with van der Waals surface area (Å²) in [5, 5.41) is 35.3. The minimum Gasteiger partial charge on any atom is -0.497 e. The first-order valence-corrected chi connectivity index (χ1v) is 44.9. The lowest BCUT2D eigenvalue weighted by Gasteiger charge is -2.38. The second kappa shape index (κ2) is 39.1. The number of hydrogen-bond donors (Lipinski definition) is 11. The fourth-order valence-corrected chi connectivity index (χ4v) is 19.7. The monoisotopic (exact) mass is 1790 g/mol. The molecule has 0 saturated heterocycles. The number of nitrogens with one attached hydrogen (secondary N) is 10. The number of nitrogens with zero attached hydrogens (tertiary/aromatic N) is 3. The number of fused-ring (bicyclic) bond motifs is 15. The Morgan fingerprint density at radius 2 is 0.915 bits per heavy atom. The van der Waals surface area contributed by atoms with Crippen molar-refractivity contribution in [3.8, 4) is 23.0 Å². The molecule has 5 aliphatic rings. The summed E-state index contributed by atoms with van der Waals surface area (Å²) in [5.41, 5.74) is 27.3. The van der Waals surface area contributed by atoms with Gasteiger partial charge in [0.1, 0.15) is 28.8 Å². The Morgan fingerprint density at radius 1 is 0.446 bits per heavy atom. The second-order valence-electron chi connectivity index (χ2n) is 32.9. The van der Waals surface area contributed by atoms with Crippen LogP contribution in [0.25, 0.3) is 54.5 Å². The Bertz CT molecular complexity index is 6920. The number of aliphatic hydroxyl groups excluding tert-OH is 1. The Morgan fingerprint density at radius 3 is 1.45 bits per heavy atom. The van der Waals surface area contributed by atoms with Crippen molar-refractivity contribution in [1.82, 2.24) is 55.7 Å². The number of anilines is 2. The lowest BCUT2D eigenvalue weighted by Crippen LogP contribution is -2.42. The zero-order chi connectivity index (χ0) is 89.5. The summed E-state index contributed by atoms with van der Waals surface area (Å²) in [6, 6.07) is 88.7. The highest BCUT2D eigenvalue weighted by Crippen LogP contribution is 2.44. The van der Waals surface area contributed by atoms with Crippen molar-refractivity contribution in [1.29, 1.82) is 0 Å². The molecule has 24 heteroatoms. The van der Waals surface area contributed by atoms with Crippen LogP contribution in [0.4, 0.5) is 15.8 Å². The smallest absolute Gasteiger partial charge is 0.337 e.